The summed E-state index contributed by atoms with van der Waals surface area (Å²) in [6.45, 7) is 0. The van der Waals surface area contributed by atoms with Crippen LogP contribution in [0, 0.1) is 0 Å². The smallest absolute Gasteiger partial charge is 0.278 e. The SMILES string of the molecule is CS(=O)(=O)c1ccc(S(=O)(=O)Nc2cc(C(F)(F)F)ccc2Cl)cc1. The number of rotatable bonds is 4. The Morgan fingerprint density at radius 3 is 1.92 bits per heavy atom. The summed E-state index contributed by atoms with van der Waals surface area (Å²) in [5.74, 6) is 0. The van der Waals surface area contributed by atoms with Crippen LogP contribution in [-0.4, -0.2) is 23.1 Å². The molecule has 0 amide bonds. The maximum absolute atomic E-state index is 12.7. The lowest BCUT2D eigenvalue weighted by Gasteiger charge is -2.13. The molecule has 2 rings (SSSR count). The Labute approximate surface area is 147 Å². The van der Waals surface area contributed by atoms with Crippen molar-refractivity contribution < 1.29 is 30.0 Å². The fourth-order valence-electron chi connectivity index (χ4n) is 1.85. The Hall–Kier alpha value is -1.78. The van der Waals surface area contributed by atoms with E-state index in [9.17, 15) is 30.0 Å². The van der Waals surface area contributed by atoms with Gasteiger partial charge in [0.15, 0.2) is 9.84 Å². The third-order valence-corrected chi connectivity index (χ3v) is 5.94. The van der Waals surface area contributed by atoms with Crippen LogP contribution in [0.5, 0.6) is 0 Å². The first-order chi connectivity index (χ1) is 11.3. The number of alkyl halides is 3. The normalized spacial score (nSPS) is 12.8. The van der Waals surface area contributed by atoms with Crippen molar-refractivity contribution in [3.63, 3.8) is 0 Å². The molecule has 0 unspecified atom stereocenters. The first-order valence-corrected chi connectivity index (χ1v) is 10.3. The number of sulfonamides is 1. The summed E-state index contributed by atoms with van der Waals surface area (Å²) >= 11 is 5.75. The molecule has 136 valence electrons. The lowest BCUT2D eigenvalue weighted by Crippen LogP contribution is -2.14. The molecule has 1 N–H and O–H groups in total. The number of hydrogen-bond donors (Lipinski definition) is 1. The Morgan fingerprint density at radius 2 is 1.44 bits per heavy atom. The molecule has 0 fully saturated rings. The molecule has 0 spiro atoms. The molecule has 0 radical (unpaired) electrons. The molecule has 2 aromatic rings. The van der Waals surface area contributed by atoms with Gasteiger partial charge in [-0.05, 0) is 42.5 Å². The third-order valence-electron chi connectivity index (χ3n) is 3.10. The van der Waals surface area contributed by atoms with E-state index in [1.165, 1.54) is 0 Å². The van der Waals surface area contributed by atoms with Crippen molar-refractivity contribution in [3.8, 4) is 0 Å². The summed E-state index contributed by atoms with van der Waals surface area (Å²) in [4.78, 5) is -0.420. The highest BCUT2D eigenvalue weighted by Crippen LogP contribution is 2.34. The van der Waals surface area contributed by atoms with Crippen molar-refractivity contribution in [3.05, 3.63) is 53.1 Å². The van der Waals surface area contributed by atoms with E-state index in [4.69, 9.17) is 11.6 Å². The first-order valence-electron chi connectivity index (χ1n) is 6.50. The molecule has 0 heterocycles. The van der Waals surface area contributed by atoms with Gasteiger partial charge in [0, 0.05) is 6.26 Å². The highest BCUT2D eigenvalue weighted by molar-refractivity contribution is 7.92. The fraction of sp³-hybridized carbons (Fsp3) is 0.143. The summed E-state index contributed by atoms with van der Waals surface area (Å²) in [5.41, 5.74) is -1.51. The molecule has 25 heavy (non-hydrogen) atoms. The molecule has 0 saturated heterocycles. The number of sulfone groups is 1. The molecule has 0 saturated carbocycles. The number of halogens is 4. The van der Waals surface area contributed by atoms with Crippen molar-refractivity contribution in [1.82, 2.24) is 0 Å². The van der Waals surface area contributed by atoms with Crippen molar-refractivity contribution >= 4 is 37.1 Å². The maximum Gasteiger partial charge on any atom is 0.416 e. The Balaban J connectivity index is 2.39. The molecule has 0 aromatic heterocycles. The van der Waals surface area contributed by atoms with E-state index in [1.54, 1.807) is 0 Å². The van der Waals surface area contributed by atoms with Gasteiger partial charge in [0.2, 0.25) is 0 Å². The second-order valence-corrected chi connectivity index (χ2v) is 9.15. The second kappa shape index (κ2) is 6.50. The monoisotopic (exact) mass is 413 g/mol. The third kappa shape index (κ3) is 4.65. The molecule has 2 aromatic carbocycles. The zero-order chi connectivity index (χ0) is 19.0. The van der Waals surface area contributed by atoms with E-state index in [1.807, 2.05) is 4.72 Å². The maximum atomic E-state index is 12.7. The standard InChI is InChI=1S/C14H11ClF3NO4S2/c1-24(20,21)10-3-5-11(6-4-10)25(22,23)19-13-8-9(14(16,17)18)2-7-12(13)15/h2-8,19H,1H3. The van der Waals surface area contributed by atoms with Gasteiger partial charge in [-0.15, -0.1) is 0 Å². The summed E-state index contributed by atoms with van der Waals surface area (Å²) in [6.07, 6.45) is -3.71. The topological polar surface area (TPSA) is 80.3 Å². The quantitative estimate of drug-likeness (QED) is 0.831. The average Bonchev–Trinajstić information content (AvgIpc) is 2.47. The van der Waals surface area contributed by atoms with E-state index in [2.05, 4.69) is 0 Å². The Bertz CT molecular complexity index is 1000. The van der Waals surface area contributed by atoms with Gasteiger partial charge in [0.05, 0.1) is 26.1 Å². The van der Waals surface area contributed by atoms with Crippen LogP contribution in [0.25, 0.3) is 0 Å². The molecule has 0 aliphatic heterocycles. The van der Waals surface area contributed by atoms with E-state index in [0.717, 1.165) is 42.7 Å². The summed E-state index contributed by atoms with van der Waals surface area (Å²) in [7, 11) is -7.77. The van der Waals surface area contributed by atoms with Crippen molar-refractivity contribution in [2.75, 3.05) is 11.0 Å². The minimum atomic E-state index is -4.66. The zero-order valence-electron chi connectivity index (χ0n) is 12.5. The number of benzene rings is 2. The Kier molecular flexibility index (Phi) is 5.08. The second-order valence-electron chi connectivity index (χ2n) is 5.04. The van der Waals surface area contributed by atoms with Crippen LogP contribution < -0.4 is 4.72 Å². The van der Waals surface area contributed by atoms with Crippen molar-refractivity contribution in [1.29, 1.82) is 0 Å². The highest BCUT2D eigenvalue weighted by atomic mass is 35.5. The molecular formula is C14H11ClF3NO4S2. The van der Waals surface area contributed by atoms with Crippen LogP contribution in [0.15, 0.2) is 52.3 Å². The van der Waals surface area contributed by atoms with Gasteiger partial charge in [-0.1, -0.05) is 11.6 Å². The largest absolute Gasteiger partial charge is 0.416 e. The van der Waals surface area contributed by atoms with Gasteiger partial charge in [0.1, 0.15) is 0 Å². The van der Waals surface area contributed by atoms with Gasteiger partial charge >= 0.3 is 6.18 Å². The lowest BCUT2D eigenvalue weighted by atomic mass is 10.2. The minimum Gasteiger partial charge on any atom is -0.278 e. The summed E-state index contributed by atoms with van der Waals surface area (Å²) in [5, 5.41) is -0.218. The van der Waals surface area contributed by atoms with Gasteiger partial charge in [-0.2, -0.15) is 13.2 Å². The number of hydrogen-bond acceptors (Lipinski definition) is 4. The van der Waals surface area contributed by atoms with Crippen LogP contribution in [0.2, 0.25) is 5.02 Å². The summed E-state index contributed by atoms with van der Waals surface area (Å²) in [6, 6.07) is 6.44. The van der Waals surface area contributed by atoms with Crippen molar-refractivity contribution in [2.45, 2.75) is 16.0 Å². The van der Waals surface area contributed by atoms with Gasteiger partial charge in [-0.25, -0.2) is 16.8 Å². The predicted octanol–water partition coefficient (Wildman–Crippen LogP) is 3.56. The first kappa shape index (κ1) is 19.5. The van der Waals surface area contributed by atoms with E-state index < -0.39 is 37.3 Å². The lowest BCUT2D eigenvalue weighted by molar-refractivity contribution is -0.137. The molecule has 0 atom stereocenters. The van der Waals surface area contributed by atoms with Crippen LogP contribution in [0.4, 0.5) is 18.9 Å². The zero-order valence-corrected chi connectivity index (χ0v) is 14.9. The van der Waals surface area contributed by atoms with Crippen LogP contribution in [0.3, 0.4) is 0 Å². The van der Waals surface area contributed by atoms with Crippen molar-refractivity contribution in [2.24, 2.45) is 0 Å². The van der Waals surface area contributed by atoms with Gasteiger partial charge in [-0.3, -0.25) is 4.72 Å². The van der Waals surface area contributed by atoms with Crippen LogP contribution in [0.1, 0.15) is 5.56 Å². The average molecular weight is 414 g/mol. The number of anilines is 1. The minimum absolute atomic E-state index is 0.0939. The van der Waals surface area contributed by atoms with E-state index in [0.29, 0.717) is 6.07 Å². The molecule has 11 heteroatoms. The van der Waals surface area contributed by atoms with Gasteiger partial charge < -0.3 is 0 Å². The number of nitrogens with one attached hydrogen (secondary N) is 1. The Morgan fingerprint density at radius 1 is 0.920 bits per heavy atom. The molecule has 0 bridgehead atoms. The molecule has 5 nitrogen and oxygen atoms in total. The van der Waals surface area contributed by atoms with Gasteiger partial charge in [0.25, 0.3) is 10.0 Å². The molecular weight excluding hydrogens is 403 g/mol. The van der Waals surface area contributed by atoms with E-state index >= 15 is 0 Å². The van der Waals surface area contributed by atoms with E-state index in [-0.39, 0.29) is 14.8 Å². The highest BCUT2D eigenvalue weighted by Gasteiger charge is 2.31. The summed E-state index contributed by atoms with van der Waals surface area (Å²) < 4.78 is 87.5. The predicted molar refractivity (Wildman–Crippen MR) is 86.8 cm³/mol. The fourth-order valence-corrected chi connectivity index (χ4v) is 3.77. The molecule has 0 aliphatic rings. The van der Waals surface area contributed by atoms with Crippen LogP contribution >= 0.6 is 11.6 Å². The molecule has 0 aliphatic carbocycles. The van der Waals surface area contributed by atoms with Crippen LogP contribution in [-0.2, 0) is 26.0 Å².